The molecule has 0 aliphatic carbocycles. The predicted octanol–water partition coefficient (Wildman–Crippen LogP) is 0.207. The van der Waals surface area contributed by atoms with Gasteiger partial charge in [-0.3, -0.25) is 4.79 Å². The minimum absolute atomic E-state index is 0.400. The highest BCUT2D eigenvalue weighted by atomic mass is 16.1. The monoisotopic (exact) mass is 234 g/mol. The van der Waals surface area contributed by atoms with Gasteiger partial charge in [-0.2, -0.15) is 0 Å². The lowest BCUT2D eigenvalue weighted by Crippen LogP contribution is -2.44. The quantitative estimate of drug-likeness (QED) is 0.767. The van der Waals surface area contributed by atoms with Gasteiger partial charge in [0.25, 0.3) is 5.91 Å². The summed E-state index contributed by atoms with van der Waals surface area (Å²) in [6, 6.07) is 1.89. The van der Waals surface area contributed by atoms with E-state index in [9.17, 15) is 4.79 Å². The smallest absolute Gasteiger partial charge is 0.252 e. The van der Waals surface area contributed by atoms with Crippen LogP contribution in [-0.4, -0.2) is 37.1 Å². The van der Waals surface area contributed by atoms with Crippen molar-refractivity contribution in [2.45, 2.75) is 13.8 Å². The molecule has 3 N–H and O–H groups in total. The van der Waals surface area contributed by atoms with E-state index in [0.29, 0.717) is 5.56 Å². The molecule has 0 atom stereocenters. The summed E-state index contributed by atoms with van der Waals surface area (Å²) in [6.07, 6.45) is 0. The maximum atomic E-state index is 11.5. The SMILES string of the molecule is Cc1cc(C)c(C(N)=O)c(N2CCNCC2)n1. The molecule has 1 aromatic heterocycles. The number of aromatic nitrogens is 1. The summed E-state index contributed by atoms with van der Waals surface area (Å²) in [5.74, 6) is 0.333. The Kier molecular flexibility index (Phi) is 3.28. The molecule has 5 heteroatoms. The van der Waals surface area contributed by atoms with Crippen molar-refractivity contribution in [2.24, 2.45) is 5.73 Å². The number of rotatable bonds is 2. The van der Waals surface area contributed by atoms with Gasteiger partial charge in [0.2, 0.25) is 0 Å². The fraction of sp³-hybridized carbons (Fsp3) is 0.500. The van der Waals surface area contributed by atoms with Crippen LogP contribution in [-0.2, 0) is 0 Å². The zero-order chi connectivity index (χ0) is 12.4. The van der Waals surface area contributed by atoms with Gasteiger partial charge in [-0.05, 0) is 25.5 Å². The van der Waals surface area contributed by atoms with Crippen LogP contribution in [0.2, 0.25) is 0 Å². The number of nitrogens with zero attached hydrogens (tertiary/aromatic N) is 2. The van der Waals surface area contributed by atoms with E-state index < -0.39 is 5.91 Å². The van der Waals surface area contributed by atoms with E-state index in [1.54, 1.807) is 0 Å². The summed E-state index contributed by atoms with van der Waals surface area (Å²) in [5, 5.41) is 3.28. The third-order valence-corrected chi connectivity index (χ3v) is 2.99. The zero-order valence-electron chi connectivity index (χ0n) is 10.3. The summed E-state index contributed by atoms with van der Waals surface area (Å²) in [7, 11) is 0. The number of piperazine rings is 1. The van der Waals surface area contributed by atoms with Crippen LogP contribution in [0, 0.1) is 13.8 Å². The molecule has 1 aliphatic rings. The molecule has 0 radical (unpaired) electrons. The van der Waals surface area contributed by atoms with E-state index in [4.69, 9.17) is 5.73 Å². The molecule has 0 unspecified atom stereocenters. The standard InChI is InChI=1S/C12H18N4O/c1-8-7-9(2)15-12(10(8)11(13)17)16-5-3-14-4-6-16/h7,14H,3-6H2,1-2H3,(H2,13,17). The van der Waals surface area contributed by atoms with Crippen LogP contribution >= 0.6 is 0 Å². The number of pyridine rings is 1. The van der Waals surface area contributed by atoms with E-state index >= 15 is 0 Å². The Morgan fingerprint density at radius 1 is 1.41 bits per heavy atom. The summed E-state index contributed by atoms with van der Waals surface area (Å²) in [4.78, 5) is 18.1. The van der Waals surface area contributed by atoms with E-state index in [0.717, 1.165) is 43.3 Å². The molecule has 0 aromatic carbocycles. The molecule has 2 rings (SSSR count). The van der Waals surface area contributed by atoms with Crippen LogP contribution in [0.1, 0.15) is 21.6 Å². The van der Waals surface area contributed by atoms with Gasteiger partial charge in [0, 0.05) is 31.9 Å². The second-order valence-electron chi connectivity index (χ2n) is 4.38. The Morgan fingerprint density at radius 2 is 2.06 bits per heavy atom. The maximum absolute atomic E-state index is 11.5. The molecule has 1 aliphatic heterocycles. The Bertz CT molecular complexity index is 438. The number of hydrogen-bond donors (Lipinski definition) is 2. The van der Waals surface area contributed by atoms with Gasteiger partial charge in [-0.15, -0.1) is 0 Å². The predicted molar refractivity (Wildman–Crippen MR) is 67.3 cm³/mol. The Balaban J connectivity index is 2.46. The third-order valence-electron chi connectivity index (χ3n) is 2.99. The molecule has 5 nitrogen and oxygen atoms in total. The highest BCUT2D eigenvalue weighted by Gasteiger charge is 2.20. The van der Waals surface area contributed by atoms with Crippen LogP contribution in [0.25, 0.3) is 0 Å². The summed E-state index contributed by atoms with van der Waals surface area (Å²) in [5.41, 5.74) is 7.82. The lowest BCUT2D eigenvalue weighted by atomic mass is 10.1. The van der Waals surface area contributed by atoms with Crippen LogP contribution in [0.4, 0.5) is 5.82 Å². The number of nitrogens with one attached hydrogen (secondary N) is 1. The van der Waals surface area contributed by atoms with Crippen LogP contribution in [0.5, 0.6) is 0 Å². The maximum Gasteiger partial charge on any atom is 0.252 e. The first kappa shape index (κ1) is 11.9. The van der Waals surface area contributed by atoms with Crippen molar-refractivity contribution in [3.63, 3.8) is 0 Å². The van der Waals surface area contributed by atoms with Crippen molar-refractivity contribution < 1.29 is 4.79 Å². The van der Waals surface area contributed by atoms with E-state index in [-0.39, 0.29) is 0 Å². The average Bonchev–Trinajstić information content (AvgIpc) is 2.28. The lowest BCUT2D eigenvalue weighted by molar-refractivity contribution is 0.1000. The molecule has 92 valence electrons. The Labute approximate surface area is 101 Å². The fourth-order valence-corrected chi connectivity index (χ4v) is 2.23. The first-order valence-electron chi connectivity index (χ1n) is 5.83. The summed E-state index contributed by atoms with van der Waals surface area (Å²) < 4.78 is 0. The molecule has 1 saturated heterocycles. The van der Waals surface area contributed by atoms with Crippen LogP contribution < -0.4 is 16.0 Å². The highest BCUT2D eigenvalue weighted by Crippen LogP contribution is 2.22. The van der Waals surface area contributed by atoms with Crippen LogP contribution in [0.15, 0.2) is 6.07 Å². The van der Waals surface area contributed by atoms with Crippen molar-refractivity contribution in [1.82, 2.24) is 10.3 Å². The van der Waals surface area contributed by atoms with E-state index in [1.807, 2.05) is 19.9 Å². The van der Waals surface area contributed by atoms with Gasteiger partial charge in [0.1, 0.15) is 5.82 Å². The van der Waals surface area contributed by atoms with Crippen molar-refractivity contribution >= 4 is 11.7 Å². The number of carbonyl (C=O) groups excluding carboxylic acids is 1. The third kappa shape index (κ3) is 2.39. The van der Waals surface area contributed by atoms with Crippen molar-refractivity contribution in [3.8, 4) is 0 Å². The minimum atomic E-state index is -0.400. The lowest BCUT2D eigenvalue weighted by Gasteiger charge is -2.30. The molecular weight excluding hydrogens is 216 g/mol. The second-order valence-corrected chi connectivity index (χ2v) is 4.38. The van der Waals surface area contributed by atoms with Crippen molar-refractivity contribution in [1.29, 1.82) is 0 Å². The molecule has 2 heterocycles. The molecule has 17 heavy (non-hydrogen) atoms. The molecule has 1 amide bonds. The van der Waals surface area contributed by atoms with Gasteiger partial charge in [0.15, 0.2) is 0 Å². The first-order chi connectivity index (χ1) is 8.09. The second kappa shape index (κ2) is 4.71. The molecule has 0 saturated carbocycles. The number of carbonyl (C=O) groups is 1. The molecular formula is C12H18N4O. The summed E-state index contributed by atoms with van der Waals surface area (Å²) >= 11 is 0. The Morgan fingerprint density at radius 3 is 2.65 bits per heavy atom. The molecule has 0 spiro atoms. The van der Waals surface area contributed by atoms with Crippen molar-refractivity contribution in [3.05, 3.63) is 22.9 Å². The molecule has 1 fully saturated rings. The highest BCUT2D eigenvalue weighted by molar-refractivity contribution is 5.99. The summed E-state index contributed by atoms with van der Waals surface area (Å²) in [6.45, 7) is 7.37. The fourth-order valence-electron chi connectivity index (χ4n) is 2.23. The molecule has 0 bridgehead atoms. The number of hydrogen-bond acceptors (Lipinski definition) is 4. The number of nitrogens with two attached hydrogens (primary N) is 1. The largest absolute Gasteiger partial charge is 0.365 e. The zero-order valence-corrected chi connectivity index (χ0v) is 10.3. The minimum Gasteiger partial charge on any atom is -0.365 e. The number of anilines is 1. The molecule has 1 aromatic rings. The number of amides is 1. The van der Waals surface area contributed by atoms with Gasteiger partial charge in [-0.1, -0.05) is 0 Å². The van der Waals surface area contributed by atoms with E-state index in [1.165, 1.54) is 0 Å². The van der Waals surface area contributed by atoms with Gasteiger partial charge in [0.05, 0.1) is 5.56 Å². The van der Waals surface area contributed by atoms with Crippen LogP contribution in [0.3, 0.4) is 0 Å². The topological polar surface area (TPSA) is 71.2 Å². The van der Waals surface area contributed by atoms with Crippen molar-refractivity contribution in [2.75, 3.05) is 31.1 Å². The van der Waals surface area contributed by atoms with Gasteiger partial charge >= 0.3 is 0 Å². The normalized spacial score (nSPS) is 16.0. The average molecular weight is 234 g/mol. The van der Waals surface area contributed by atoms with Gasteiger partial charge in [-0.25, -0.2) is 4.98 Å². The first-order valence-corrected chi connectivity index (χ1v) is 5.83. The van der Waals surface area contributed by atoms with Gasteiger partial charge < -0.3 is 16.0 Å². The number of primary amides is 1. The number of aryl methyl sites for hydroxylation is 2. The Hall–Kier alpha value is -1.62. The van der Waals surface area contributed by atoms with E-state index in [2.05, 4.69) is 15.2 Å².